The molecule has 0 aliphatic carbocycles. The Morgan fingerprint density at radius 1 is 1.25 bits per heavy atom. The van der Waals surface area contributed by atoms with Crippen LogP contribution in [-0.4, -0.2) is 38.3 Å². The van der Waals surface area contributed by atoms with E-state index in [0.717, 1.165) is 5.82 Å². The summed E-state index contributed by atoms with van der Waals surface area (Å²) in [5, 5.41) is 4.15. The Kier molecular flexibility index (Phi) is 3.02. The highest BCUT2D eigenvalue weighted by molar-refractivity contribution is 4.99. The fourth-order valence-electron chi connectivity index (χ4n) is 2.48. The van der Waals surface area contributed by atoms with Crippen LogP contribution in [0.2, 0.25) is 0 Å². The Balaban J connectivity index is 1.98. The lowest BCUT2D eigenvalue weighted by Crippen LogP contribution is -2.45. The molecule has 4 nitrogen and oxygen atoms in total. The molecule has 2 heterocycles. The van der Waals surface area contributed by atoms with Crippen LogP contribution in [0.1, 0.15) is 45.4 Å². The molecule has 16 heavy (non-hydrogen) atoms. The summed E-state index contributed by atoms with van der Waals surface area (Å²) in [4.78, 5) is 6.92. The summed E-state index contributed by atoms with van der Waals surface area (Å²) >= 11 is 0. The second kappa shape index (κ2) is 4.17. The fourth-order valence-corrected chi connectivity index (χ4v) is 2.48. The molecule has 0 spiro atoms. The van der Waals surface area contributed by atoms with Crippen LogP contribution in [0.25, 0.3) is 0 Å². The standard InChI is InChI=1S/C12H22N4/c1-12(2,3)16-7-5-10(6-8-16)11-13-9-14-15(11)4/h9-10H,5-8H2,1-4H3. The summed E-state index contributed by atoms with van der Waals surface area (Å²) in [5.74, 6) is 1.74. The van der Waals surface area contributed by atoms with E-state index in [-0.39, 0.29) is 0 Å². The van der Waals surface area contributed by atoms with E-state index in [2.05, 4.69) is 35.8 Å². The summed E-state index contributed by atoms with van der Waals surface area (Å²) in [6.45, 7) is 9.20. The Labute approximate surface area is 97.7 Å². The molecule has 1 saturated heterocycles. The fraction of sp³-hybridized carbons (Fsp3) is 0.833. The molecule has 90 valence electrons. The van der Waals surface area contributed by atoms with Crippen molar-refractivity contribution in [2.75, 3.05) is 13.1 Å². The van der Waals surface area contributed by atoms with E-state index in [4.69, 9.17) is 0 Å². The predicted octanol–water partition coefficient (Wildman–Crippen LogP) is 1.79. The van der Waals surface area contributed by atoms with E-state index < -0.39 is 0 Å². The van der Waals surface area contributed by atoms with Gasteiger partial charge in [-0.3, -0.25) is 9.58 Å². The first-order valence-corrected chi connectivity index (χ1v) is 6.07. The normalized spacial score (nSPS) is 20.2. The largest absolute Gasteiger partial charge is 0.298 e. The van der Waals surface area contributed by atoms with Gasteiger partial charge in [0.05, 0.1) is 0 Å². The van der Waals surface area contributed by atoms with Gasteiger partial charge in [0.15, 0.2) is 0 Å². The first-order valence-electron chi connectivity index (χ1n) is 6.07. The quantitative estimate of drug-likeness (QED) is 0.726. The molecule has 1 aliphatic heterocycles. The second-order valence-electron chi connectivity index (χ2n) is 5.67. The van der Waals surface area contributed by atoms with Crippen molar-refractivity contribution in [3.05, 3.63) is 12.2 Å². The highest BCUT2D eigenvalue weighted by atomic mass is 15.3. The van der Waals surface area contributed by atoms with Gasteiger partial charge in [-0.1, -0.05) is 0 Å². The summed E-state index contributed by atoms with van der Waals surface area (Å²) in [6.07, 6.45) is 4.05. The summed E-state index contributed by atoms with van der Waals surface area (Å²) < 4.78 is 1.91. The predicted molar refractivity (Wildman–Crippen MR) is 64.3 cm³/mol. The number of hydrogen-bond donors (Lipinski definition) is 0. The number of likely N-dealkylation sites (tertiary alicyclic amines) is 1. The maximum atomic E-state index is 4.36. The SMILES string of the molecule is Cn1ncnc1C1CCN(C(C)(C)C)CC1. The number of rotatable bonds is 1. The van der Waals surface area contributed by atoms with Crippen molar-refractivity contribution in [3.63, 3.8) is 0 Å². The first-order chi connectivity index (χ1) is 7.48. The zero-order valence-electron chi connectivity index (χ0n) is 10.8. The van der Waals surface area contributed by atoms with E-state index in [9.17, 15) is 0 Å². The van der Waals surface area contributed by atoms with Crippen LogP contribution in [0.3, 0.4) is 0 Å². The van der Waals surface area contributed by atoms with Gasteiger partial charge in [0, 0.05) is 18.5 Å². The number of nitrogens with zero attached hydrogens (tertiary/aromatic N) is 4. The monoisotopic (exact) mass is 222 g/mol. The Morgan fingerprint density at radius 2 is 1.88 bits per heavy atom. The van der Waals surface area contributed by atoms with E-state index in [1.165, 1.54) is 25.9 Å². The minimum atomic E-state index is 0.296. The number of hydrogen-bond acceptors (Lipinski definition) is 3. The maximum Gasteiger partial charge on any atom is 0.138 e. The van der Waals surface area contributed by atoms with E-state index >= 15 is 0 Å². The Bertz CT molecular complexity index is 342. The number of aryl methyl sites for hydroxylation is 1. The van der Waals surface area contributed by atoms with Gasteiger partial charge >= 0.3 is 0 Å². The molecule has 0 radical (unpaired) electrons. The van der Waals surface area contributed by atoms with Crippen LogP contribution >= 0.6 is 0 Å². The molecule has 1 aromatic heterocycles. The van der Waals surface area contributed by atoms with Gasteiger partial charge in [0.25, 0.3) is 0 Å². The minimum Gasteiger partial charge on any atom is -0.298 e. The van der Waals surface area contributed by atoms with Crippen LogP contribution in [0.5, 0.6) is 0 Å². The third kappa shape index (κ3) is 2.26. The van der Waals surface area contributed by atoms with Gasteiger partial charge in [-0.25, -0.2) is 4.98 Å². The molecule has 0 unspecified atom stereocenters. The van der Waals surface area contributed by atoms with E-state index in [1.54, 1.807) is 6.33 Å². The third-order valence-electron chi connectivity index (χ3n) is 3.56. The maximum absolute atomic E-state index is 4.36. The Morgan fingerprint density at radius 3 is 2.31 bits per heavy atom. The van der Waals surface area contributed by atoms with Gasteiger partial charge in [0.1, 0.15) is 12.2 Å². The molecule has 2 rings (SSSR count). The van der Waals surface area contributed by atoms with E-state index in [1.807, 2.05) is 11.7 Å². The van der Waals surface area contributed by atoms with Crippen molar-refractivity contribution in [1.29, 1.82) is 0 Å². The first kappa shape index (κ1) is 11.6. The lowest BCUT2D eigenvalue weighted by atomic mass is 9.92. The molecule has 0 bridgehead atoms. The van der Waals surface area contributed by atoms with Gasteiger partial charge in [-0.2, -0.15) is 5.10 Å². The molecule has 0 amide bonds. The van der Waals surface area contributed by atoms with Gasteiger partial charge in [-0.15, -0.1) is 0 Å². The summed E-state index contributed by atoms with van der Waals surface area (Å²) in [5.41, 5.74) is 0.296. The highest BCUT2D eigenvalue weighted by Crippen LogP contribution is 2.29. The third-order valence-corrected chi connectivity index (χ3v) is 3.56. The topological polar surface area (TPSA) is 34.0 Å². The molecule has 0 aromatic carbocycles. The van der Waals surface area contributed by atoms with Gasteiger partial charge < -0.3 is 0 Å². The summed E-state index contributed by atoms with van der Waals surface area (Å²) in [6, 6.07) is 0. The van der Waals surface area contributed by atoms with Crippen molar-refractivity contribution in [2.45, 2.75) is 45.1 Å². The molecule has 4 heteroatoms. The second-order valence-corrected chi connectivity index (χ2v) is 5.67. The molecule has 1 fully saturated rings. The van der Waals surface area contributed by atoms with Crippen molar-refractivity contribution >= 4 is 0 Å². The smallest absolute Gasteiger partial charge is 0.138 e. The van der Waals surface area contributed by atoms with Crippen LogP contribution < -0.4 is 0 Å². The zero-order valence-corrected chi connectivity index (χ0v) is 10.8. The number of aromatic nitrogens is 3. The lowest BCUT2D eigenvalue weighted by molar-refractivity contribution is 0.100. The molecule has 1 aliphatic rings. The van der Waals surface area contributed by atoms with Gasteiger partial charge in [-0.05, 0) is 46.7 Å². The zero-order chi connectivity index (χ0) is 11.8. The van der Waals surface area contributed by atoms with Crippen LogP contribution in [-0.2, 0) is 7.05 Å². The highest BCUT2D eigenvalue weighted by Gasteiger charge is 2.29. The molecular weight excluding hydrogens is 200 g/mol. The molecule has 0 atom stereocenters. The van der Waals surface area contributed by atoms with Crippen molar-refractivity contribution in [2.24, 2.45) is 7.05 Å². The average molecular weight is 222 g/mol. The van der Waals surface area contributed by atoms with Gasteiger partial charge in [0.2, 0.25) is 0 Å². The molecule has 0 saturated carbocycles. The molecule has 1 aromatic rings. The van der Waals surface area contributed by atoms with Crippen LogP contribution in [0.4, 0.5) is 0 Å². The average Bonchev–Trinajstić information content (AvgIpc) is 2.63. The van der Waals surface area contributed by atoms with Crippen molar-refractivity contribution < 1.29 is 0 Å². The van der Waals surface area contributed by atoms with Crippen LogP contribution in [0.15, 0.2) is 6.33 Å². The van der Waals surface area contributed by atoms with Crippen LogP contribution in [0, 0.1) is 0 Å². The van der Waals surface area contributed by atoms with Crippen molar-refractivity contribution in [3.8, 4) is 0 Å². The summed E-state index contributed by atoms with van der Waals surface area (Å²) in [7, 11) is 1.98. The molecule has 0 N–H and O–H groups in total. The Hall–Kier alpha value is -0.900. The van der Waals surface area contributed by atoms with E-state index in [0.29, 0.717) is 11.5 Å². The minimum absolute atomic E-state index is 0.296. The molecular formula is C12H22N4. The number of piperidine rings is 1. The van der Waals surface area contributed by atoms with Crippen molar-refractivity contribution in [1.82, 2.24) is 19.7 Å². The lowest BCUT2D eigenvalue weighted by Gasteiger charge is -2.40.